The first kappa shape index (κ1) is 53.2. The Morgan fingerprint density at radius 3 is 1.57 bits per heavy atom. The fourth-order valence-electron chi connectivity index (χ4n) is 9.10. The van der Waals surface area contributed by atoms with Gasteiger partial charge in [-0.05, 0) is 110 Å². The Morgan fingerprint density at radius 1 is 0.553 bits per heavy atom. The molecule has 0 radical (unpaired) electrons. The molecule has 9 rings (SSSR count). The number of aliphatic carboxylic acids is 1. The highest BCUT2D eigenvalue weighted by atomic mass is 32.1. The summed E-state index contributed by atoms with van der Waals surface area (Å²) in [5.41, 5.74) is 7.40. The van der Waals surface area contributed by atoms with Crippen LogP contribution in [-0.4, -0.2) is 63.9 Å². The van der Waals surface area contributed by atoms with Crippen molar-refractivity contribution < 1.29 is 47.8 Å². The van der Waals surface area contributed by atoms with Crippen molar-refractivity contribution in [3.8, 4) is 94.5 Å². The largest absolute Gasteiger partial charge is 0.494 e. The lowest BCUT2D eigenvalue weighted by Gasteiger charge is -2.26. The van der Waals surface area contributed by atoms with Crippen LogP contribution in [0.1, 0.15) is 83.9 Å². The van der Waals surface area contributed by atoms with Gasteiger partial charge in [-0.3, -0.25) is 0 Å². The minimum absolute atomic E-state index is 0.291. The molecule has 14 heteroatoms. The van der Waals surface area contributed by atoms with Crippen LogP contribution in [0.4, 0.5) is 17.1 Å². The Balaban J connectivity index is 1.08. The molecule has 0 saturated carbocycles. The number of fused-ring (bicyclic) bond motifs is 2. The van der Waals surface area contributed by atoms with E-state index in [1.165, 1.54) is 41.6 Å². The van der Waals surface area contributed by atoms with Gasteiger partial charge < -0.3 is 47.9 Å². The molecule has 0 aliphatic carbocycles. The van der Waals surface area contributed by atoms with Crippen LogP contribution in [0.15, 0.2) is 115 Å². The van der Waals surface area contributed by atoms with Crippen molar-refractivity contribution in [2.75, 3.05) is 57.8 Å². The summed E-state index contributed by atoms with van der Waals surface area (Å²) in [5, 5.41) is 19.3. The summed E-state index contributed by atoms with van der Waals surface area (Å²) in [7, 11) is 0. The fraction of sp³-hybridized carbons (Fsp3) is 0.323. The fourth-order valence-corrected chi connectivity index (χ4v) is 11.6. The molecular formula is C62H64N2O10S2. The van der Waals surface area contributed by atoms with E-state index < -0.39 is 11.5 Å². The highest BCUT2D eigenvalue weighted by Crippen LogP contribution is 2.60. The van der Waals surface area contributed by atoms with Gasteiger partial charge in [0.1, 0.15) is 61.1 Å². The van der Waals surface area contributed by atoms with Crippen molar-refractivity contribution in [1.29, 1.82) is 5.26 Å². The van der Waals surface area contributed by atoms with E-state index in [9.17, 15) is 15.2 Å². The number of thiophene rings is 2. The van der Waals surface area contributed by atoms with Gasteiger partial charge in [0.15, 0.2) is 23.0 Å². The summed E-state index contributed by atoms with van der Waals surface area (Å²) in [4.78, 5) is 16.9. The third kappa shape index (κ3) is 12.2. The molecule has 0 atom stereocenters. The minimum Gasteiger partial charge on any atom is -0.494 e. The topological polar surface area (TPSA) is 138 Å². The summed E-state index contributed by atoms with van der Waals surface area (Å²) in [6.45, 7) is 12.3. The second-order valence-corrected chi connectivity index (χ2v) is 20.4. The number of nitriles is 1. The highest BCUT2D eigenvalue weighted by molar-refractivity contribution is 7.25. The molecule has 76 heavy (non-hydrogen) atoms. The number of carboxylic acids is 1. The van der Waals surface area contributed by atoms with Crippen molar-refractivity contribution >= 4 is 51.8 Å². The summed E-state index contributed by atoms with van der Waals surface area (Å²) in [5.74, 6) is 3.95. The molecular weight excluding hydrogens is 997 g/mol. The number of benzene rings is 5. The SMILES string of the molecule is CCCCCCOc1ccc(-c2ccc(N(c3ccc(-c4ccc(OCC)cc4OCCCCC)cc3)c3ccc(-c4sc(-c5sc(C=C(C#N)C(=O)O)c6c5OCCO6)c5c4OCCO5)cc3)cc2)c(OCCC)c1. The molecule has 7 aromatic rings. The Morgan fingerprint density at radius 2 is 1.03 bits per heavy atom. The number of unbranched alkanes of at least 4 members (excludes halogenated alkanes) is 5. The van der Waals surface area contributed by atoms with Gasteiger partial charge in [-0.1, -0.05) is 89.3 Å². The molecule has 2 aliphatic heterocycles. The maximum Gasteiger partial charge on any atom is 0.346 e. The zero-order chi connectivity index (χ0) is 52.8. The molecule has 0 saturated heterocycles. The number of hydrogen-bond acceptors (Lipinski definition) is 13. The van der Waals surface area contributed by atoms with Crippen molar-refractivity contribution in [2.24, 2.45) is 0 Å². The molecule has 1 N–H and O–H groups in total. The van der Waals surface area contributed by atoms with E-state index in [0.29, 0.717) is 85.6 Å². The average molecular weight is 1060 g/mol. The maximum atomic E-state index is 11.9. The van der Waals surface area contributed by atoms with Crippen molar-refractivity contribution in [3.05, 3.63) is 120 Å². The number of nitrogens with zero attached hydrogens (tertiary/aromatic N) is 2. The molecule has 0 amide bonds. The smallest absolute Gasteiger partial charge is 0.346 e. The standard InChI is InChI=1S/C62H64N2O10S2/c1-5-9-11-13-31-68-49-27-29-50(52(39-49)69-30-7-3)41-14-20-45(21-15-41)64(46-22-16-42(17-23-46)51-28-26-48(67-8-4)38-53(51)70-32-12-10-6-2)47-24-18-43(19-25-47)59-57-58(74-36-35-73-57)61(76-59)60-56-55(71-33-34-72-56)54(75-60)37-44(40-63)62(65)66/h14-29,37-39H,5-13,30-36H2,1-4H3,(H,65,66). The van der Waals surface area contributed by atoms with Gasteiger partial charge in [0.25, 0.3) is 0 Å². The van der Waals surface area contributed by atoms with E-state index in [1.807, 2.05) is 31.2 Å². The Kier molecular flexibility index (Phi) is 18.0. The Labute approximate surface area is 453 Å². The van der Waals surface area contributed by atoms with E-state index in [0.717, 1.165) is 116 Å². The first-order valence-corrected chi connectivity index (χ1v) is 28.1. The zero-order valence-corrected chi connectivity index (χ0v) is 45.2. The van der Waals surface area contributed by atoms with Crippen LogP contribution in [0.25, 0.3) is 48.5 Å². The number of ether oxygens (including phenoxy) is 8. The molecule has 0 bridgehead atoms. The van der Waals surface area contributed by atoms with Gasteiger partial charge in [-0.25, -0.2) is 4.79 Å². The molecule has 2 aromatic heterocycles. The average Bonchev–Trinajstić information content (AvgIpc) is 4.02. The van der Waals surface area contributed by atoms with E-state index in [2.05, 4.69) is 111 Å². The number of rotatable bonds is 25. The lowest BCUT2D eigenvalue weighted by atomic mass is 10.0. The monoisotopic (exact) mass is 1060 g/mol. The van der Waals surface area contributed by atoms with Crippen molar-refractivity contribution in [3.63, 3.8) is 0 Å². The first-order chi connectivity index (χ1) is 37.3. The summed E-state index contributed by atoms with van der Waals surface area (Å²) in [6.07, 6.45) is 9.97. The van der Waals surface area contributed by atoms with Crippen LogP contribution in [0.3, 0.4) is 0 Å². The van der Waals surface area contributed by atoms with Crippen LogP contribution < -0.4 is 42.8 Å². The van der Waals surface area contributed by atoms with Gasteiger partial charge in [0.05, 0.1) is 45.9 Å². The van der Waals surface area contributed by atoms with Crippen LogP contribution >= 0.6 is 22.7 Å². The molecule has 0 fully saturated rings. The van der Waals surface area contributed by atoms with E-state index in [4.69, 9.17) is 37.9 Å². The predicted molar refractivity (Wildman–Crippen MR) is 303 cm³/mol. The highest BCUT2D eigenvalue weighted by Gasteiger charge is 2.33. The third-order valence-electron chi connectivity index (χ3n) is 12.9. The number of anilines is 3. The van der Waals surface area contributed by atoms with E-state index >= 15 is 0 Å². The number of carbonyl (C=O) groups is 1. The van der Waals surface area contributed by atoms with Gasteiger partial charge in [-0.2, -0.15) is 5.26 Å². The van der Waals surface area contributed by atoms with Crippen molar-refractivity contribution in [1.82, 2.24) is 0 Å². The van der Waals surface area contributed by atoms with E-state index in [-0.39, 0.29) is 0 Å². The van der Waals surface area contributed by atoms with Crippen LogP contribution in [0.2, 0.25) is 0 Å². The second-order valence-electron chi connectivity index (χ2n) is 18.3. The first-order valence-electron chi connectivity index (χ1n) is 26.4. The summed E-state index contributed by atoms with van der Waals surface area (Å²) >= 11 is 2.79. The predicted octanol–water partition coefficient (Wildman–Crippen LogP) is 16.2. The summed E-state index contributed by atoms with van der Waals surface area (Å²) < 4.78 is 49.7. The molecule has 2 aliphatic rings. The maximum absolute atomic E-state index is 11.9. The second kappa shape index (κ2) is 25.8. The van der Waals surface area contributed by atoms with Gasteiger partial charge in [0, 0.05) is 40.3 Å². The normalized spacial score (nSPS) is 12.7. The third-order valence-corrected chi connectivity index (χ3v) is 15.3. The molecule has 12 nitrogen and oxygen atoms in total. The van der Waals surface area contributed by atoms with Gasteiger partial charge >= 0.3 is 5.97 Å². The quantitative estimate of drug-likeness (QED) is 0.0331. The Hall–Kier alpha value is -7.60. The van der Waals surface area contributed by atoms with E-state index in [1.54, 1.807) is 6.07 Å². The molecule has 394 valence electrons. The minimum atomic E-state index is -1.32. The number of hydrogen-bond donors (Lipinski definition) is 1. The van der Waals surface area contributed by atoms with Gasteiger partial charge in [-0.15, -0.1) is 22.7 Å². The van der Waals surface area contributed by atoms with Gasteiger partial charge in [0.2, 0.25) is 0 Å². The Bertz CT molecular complexity index is 3150. The summed E-state index contributed by atoms with van der Waals surface area (Å²) in [6, 6.07) is 39.6. The zero-order valence-electron chi connectivity index (χ0n) is 43.6. The van der Waals surface area contributed by atoms with Crippen LogP contribution in [0, 0.1) is 11.3 Å². The molecule has 4 heterocycles. The lowest BCUT2D eigenvalue weighted by Crippen LogP contribution is -2.15. The number of carboxylic acid groups (broad SMARTS) is 1. The van der Waals surface area contributed by atoms with Crippen LogP contribution in [-0.2, 0) is 4.79 Å². The lowest BCUT2D eigenvalue weighted by molar-refractivity contribution is -0.132. The molecule has 0 spiro atoms. The van der Waals surface area contributed by atoms with Crippen LogP contribution in [0.5, 0.6) is 46.0 Å². The molecule has 0 unspecified atom stereocenters. The van der Waals surface area contributed by atoms with Crippen molar-refractivity contribution in [2.45, 2.75) is 79.1 Å². The molecule has 5 aromatic carbocycles.